The van der Waals surface area contributed by atoms with Gasteiger partial charge < -0.3 is 4.74 Å². The van der Waals surface area contributed by atoms with Crippen LogP contribution in [0.2, 0.25) is 0 Å². The highest BCUT2D eigenvalue weighted by molar-refractivity contribution is 5.86. The number of anilines is 3. The number of aromatic nitrogens is 3. The highest BCUT2D eigenvalue weighted by Gasteiger charge is 2.39. The number of rotatable bonds is 6. The third kappa shape index (κ3) is 5.65. The lowest BCUT2D eigenvalue weighted by molar-refractivity contribution is -0.137. The van der Waals surface area contributed by atoms with Crippen LogP contribution in [0.25, 0.3) is 4.85 Å². The molecule has 3 aromatic carbocycles. The monoisotopic (exact) mass is 594 g/mol. The summed E-state index contributed by atoms with van der Waals surface area (Å²) in [5.41, 5.74) is 1.15. The van der Waals surface area contributed by atoms with Crippen molar-refractivity contribution in [2.45, 2.75) is 25.7 Å². The zero-order valence-corrected chi connectivity index (χ0v) is 23.0. The maximum absolute atomic E-state index is 13.7. The van der Waals surface area contributed by atoms with Crippen molar-refractivity contribution < 1.29 is 22.7 Å². The first-order valence-corrected chi connectivity index (χ1v) is 13.0. The normalized spacial score (nSPS) is 14.2. The molecule has 1 aliphatic heterocycles. The topological polar surface area (TPSA) is 115 Å². The van der Waals surface area contributed by atoms with Crippen LogP contribution in [0.15, 0.2) is 90.3 Å². The van der Waals surface area contributed by atoms with Crippen molar-refractivity contribution in [2.24, 2.45) is 0 Å². The third-order valence-electron chi connectivity index (χ3n) is 6.82. The SMILES string of the molecule is [C-]#[N+]C1=C(C)N(c2cccc(C(F)(F)F)c2)c2nc(N(CC#N)C(=O)OCc3ccccc3)nn2[C@@H]1c1ccc(C#N)cc1. The first-order chi connectivity index (χ1) is 21.2. The summed E-state index contributed by atoms with van der Waals surface area (Å²) in [5.74, 6) is -0.258. The van der Waals surface area contributed by atoms with E-state index in [9.17, 15) is 28.5 Å². The van der Waals surface area contributed by atoms with Crippen LogP contribution in [0.4, 0.5) is 35.5 Å². The number of alkyl halides is 3. The van der Waals surface area contributed by atoms with Gasteiger partial charge in [0, 0.05) is 11.4 Å². The van der Waals surface area contributed by atoms with Crippen LogP contribution in [-0.2, 0) is 17.5 Å². The number of nitrogens with zero attached hydrogens (tertiary/aromatic N) is 8. The molecular formula is C31H21F3N8O2. The van der Waals surface area contributed by atoms with E-state index in [0.29, 0.717) is 16.7 Å². The highest BCUT2D eigenvalue weighted by Crippen LogP contribution is 2.44. The lowest BCUT2D eigenvalue weighted by Crippen LogP contribution is -2.33. The first-order valence-electron chi connectivity index (χ1n) is 13.0. The quantitative estimate of drug-likeness (QED) is 0.180. The summed E-state index contributed by atoms with van der Waals surface area (Å²) in [7, 11) is 0. The molecule has 0 N–H and O–H groups in total. The molecule has 4 aromatic rings. The van der Waals surface area contributed by atoms with Gasteiger partial charge in [-0.2, -0.15) is 28.7 Å². The first kappa shape index (κ1) is 29.4. The molecule has 0 saturated heterocycles. The molecule has 13 heteroatoms. The van der Waals surface area contributed by atoms with Gasteiger partial charge in [-0.05, 0) is 48.4 Å². The second-order valence-corrected chi connectivity index (χ2v) is 9.54. The number of ether oxygens (including phenoxy) is 1. The number of hydrogen-bond acceptors (Lipinski definition) is 7. The lowest BCUT2D eigenvalue weighted by Gasteiger charge is -2.34. The Balaban J connectivity index is 1.65. The van der Waals surface area contributed by atoms with Crippen molar-refractivity contribution in [3.8, 4) is 12.1 Å². The van der Waals surface area contributed by atoms with E-state index in [2.05, 4.69) is 14.9 Å². The molecule has 1 atom stereocenters. The Morgan fingerprint density at radius 1 is 1.09 bits per heavy atom. The van der Waals surface area contributed by atoms with Gasteiger partial charge in [0.1, 0.15) is 19.2 Å². The molecule has 0 radical (unpaired) electrons. The third-order valence-corrected chi connectivity index (χ3v) is 6.82. The molecule has 0 bridgehead atoms. The Kier molecular flexibility index (Phi) is 8.01. The van der Waals surface area contributed by atoms with Gasteiger partial charge in [-0.1, -0.05) is 48.5 Å². The summed E-state index contributed by atoms with van der Waals surface area (Å²) in [6.45, 7) is 8.98. The second-order valence-electron chi connectivity index (χ2n) is 9.54. The molecule has 0 saturated carbocycles. The minimum atomic E-state index is -4.64. The predicted octanol–water partition coefficient (Wildman–Crippen LogP) is 6.73. The van der Waals surface area contributed by atoms with E-state index in [0.717, 1.165) is 17.0 Å². The van der Waals surface area contributed by atoms with Gasteiger partial charge in [-0.3, -0.25) is 4.90 Å². The van der Waals surface area contributed by atoms with Gasteiger partial charge in [0.15, 0.2) is 0 Å². The molecule has 0 spiro atoms. The number of carbonyl (C=O) groups is 1. The van der Waals surface area contributed by atoms with Crippen molar-refractivity contribution in [2.75, 3.05) is 16.3 Å². The van der Waals surface area contributed by atoms with E-state index in [-0.39, 0.29) is 35.6 Å². The molecule has 1 aromatic heterocycles. The number of nitriles is 2. The minimum absolute atomic E-state index is 0.00242. The summed E-state index contributed by atoms with van der Waals surface area (Å²) < 4.78 is 47.7. The number of hydrogen-bond donors (Lipinski definition) is 0. The van der Waals surface area contributed by atoms with Crippen molar-refractivity contribution in [1.29, 1.82) is 10.5 Å². The molecule has 1 aliphatic rings. The van der Waals surface area contributed by atoms with E-state index in [1.54, 1.807) is 61.5 Å². The Bertz CT molecular complexity index is 1860. The Morgan fingerprint density at radius 3 is 2.45 bits per heavy atom. The summed E-state index contributed by atoms with van der Waals surface area (Å²) in [6.07, 6.45) is -5.56. The van der Waals surface area contributed by atoms with Gasteiger partial charge >= 0.3 is 12.3 Å². The fourth-order valence-electron chi connectivity index (χ4n) is 4.72. The number of allylic oxidation sites excluding steroid dienone is 2. The average molecular weight is 595 g/mol. The van der Waals surface area contributed by atoms with Crippen LogP contribution in [0.1, 0.15) is 35.2 Å². The van der Waals surface area contributed by atoms with Gasteiger partial charge in [0.25, 0.3) is 5.95 Å². The van der Waals surface area contributed by atoms with Gasteiger partial charge in [0.2, 0.25) is 11.6 Å². The number of carbonyl (C=O) groups excluding carboxylic acids is 1. The van der Waals surface area contributed by atoms with E-state index >= 15 is 0 Å². The van der Waals surface area contributed by atoms with Gasteiger partial charge in [0.05, 0.1) is 29.8 Å². The molecule has 5 rings (SSSR count). The molecule has 1 amide bonds. The van der Waals surface area contributed by atoms with Gasteiger partial charge in [-0.25, -0.2) is 19.2 Å². The number of fused-ring (bicyclic) bond motifs is 1. The zero-order chi connectivity index (χ0) is 31.4. The van der Waals surface area contributed by atoms with Crippen LogP contribution in [0.5, 0.6) is 0 Å². The average Bonchev–Trinajstić information content (AvgIpc) is 3.46. The Morgan fingerprint density at radius 2 is 1.82 bits per heavy atom. The fourth-order valence-corrected chi connectivity index (χ4v) is 4.72. The lowest BCUT2D eigenvalue weighted by atomic mass is 9.99. The number of benzene rings is 3. The molecule has 2 heterocycles. The second kappa shape index (κ2) is 12.0. The highest BCUT2D eigenvalue weighted by atomic mass is 19.4. The standard InChI is InChI=1S/C31H21F3N8O2/c1-20-26(37-2)27(23-13-11-21(18-36)12-14-23)42-29(41(20)25-10-6-9-24(17-25)31(32,33)34)38-28(39-42)40(16-15-35)30(43)44-19-22-7-4-3-5-8-22/h3-14,17,27H,16,19H2,1H3/t27-/m1/s1. The van der Waals surface area contributed by atoms with E-state index in [4.69, 9.17) is 11.3 Å². The van der Waals surface area contributed by atoms with Crippen LogP contribution in [0.3, 0.4) is 0 Å². The van der Waals surface area contributed by atoms with Crippen molar-refractivity contribution in [3.05, 3.63) is 124 Å². The summed E-state index contributed by atoms with van der Waals surface area (Å²) in [5, 5.41) is 23.3. The predicted molar refractivity (Wildman–Crippen MR) is 152 cm³/mol. The molecule has 44 heavy (non-hydrogen) atoms. The van der Waals surface area contributed by atoms with Crippen molar-refractivity contribution in [3.63, 3.8) is 0 Å². The molecule has 0 fully saturated rings. The van der Waals surface area contributed by atoms with Crippen molar-refractivity contribution in [1.82, 2.24) is 14.8 Å². The van der Waals surface area contributed by atoms with Crippen LogP contribution in [0, 0.1) is 29.2 Å². The maximum atomic E-state index is 13.7. The minimum Gasteiger partial charge on any atom is -0.444 e. The van der Waals surface area contributed by atoms with Crippen molar-refractivity contribution >= 4 is 23.7 Å². The van der Waals surface area contributed by atoms with E-state index in [1.165, 1.54) is 21.7 Å². The fraction of sp³-hybridized carbons (Fsp3) is 0.161. The van der Waals surface area contributed by atoms with Crippen LogP contribution < -0.4 is 9.80 Å². The zero-order valence-electron chi connectivity index (χ0n) is 23.0. The maximum Gasteiger partial charge on any atom is 0.418 e. The molecule has 10 nitrogen and oxygen atoms in total. The molecule has 0 unspecified atom stereocenters. The molecule has 218 valence electrons. The molecule has 0 aliphatic carbocycles. The Labute approximate surface area is 249 Å². The Hall–Kier alpha value is -6.13. The van der Waals surface area contributed by atoms with Crippen LogP contribution in [-0.4, -0.2) is 27.4 Å². The van der Waals surface area contributed by atoms with E-state index < -0.39 is 30.4 Å². The van der Waals surface area contributed by atoms with Gasteiger partial charge in [-0.15, -0.1) is 5.10 Å². The smallest absolute Gasteiger partial charge is 0.418 e. The summed E-state index contributed by atoms with van der Waals surface area (Å²) in [4.78, 5) is 23.6. The number of halogens is 3. The van der Waals surface area contributed by atoms with E-state index in [1.807, 2.05) is 12.1 Å². The summed E-state index contributed by atoms with van der Waals surface area (Å²) >= 11 is 0. The van der Waals surface area contributed by atoms with Crippen LogP contribution >= 0.6 is 0 Å². The molecular weight excluding hydrogens is 573 g/mol. The largest absolute Gasteiger partial charge is 0.444 e. The number of amides is 1. The summed E-state index contributed by atoms with van der Waals surface area (Å²) in [6, 6.07) is 22.8.